The number of benzene rings is 2. The van der Waals surface area contributed by atoms with E-state index in [1.54, 1.807) is 13.3 Å². The van der Waals surface area contributed by atoms with Crippen LogP contribution in [-0.4, -0.2) is 37.2 Å². The van der Waals surface area contributed by atoms with Crippen molar-refractivity contribution in [1.29, 1.82) is 0 Å². The molecule has 7 heteroatoms. The van der Waals surface area contributed by atoms with Gasteiger partial charge in [0.1, 0.15) is 5.75 Å². The van der Waals surface area contributed by atoms with Crippen molar-refractivity contribution in [1.82, 2.24) is 10.3 Å². The number of hydrazone groups is 1. The minimum atomic E-state index is -0.0199. The van der Waals surface area contributed by atoms with E-state index in [1.165, 1.54) is 5.56 Å². The second-order valence-corrected chi connectivity index (χ2v) is 8.63. The van der Waals surface area contributed by atoms with Gasteiger partial charge >= 0.3 is 0 Å². The Bertz CT molecular complexity index is 832. The van der Waals surface area contributed by atoms with Crippen LogP contribution in [0.1, 0.15) is 24.0 Å². The molecule has 3 rings (SSSR count). The molecule has 1 fully saturated rings. The molecule has 0 aliphatic carbocycles. The van der Waals surface area contributed by atoms with Gasteiger partial charge in [0.05, 0.1) is 13.3 Å². The fourth-order valence-electron chi connectivity index (χ4n) is 3.26. The summed E-state index contributed by atoms with van der Waals surface area (Å²) in [5, 5.41) is 4.12. The van der Waals surface area contributed by atoms with E-state index in [0.717, 1.165) is 47.0 Å². The van der Waals surface area contributed by atoms with Crippen LogP contribution in [-0.2, 0) is 11.3 Å². The van der Waals surface area contributed by atoms with Crippen molar-refractivity contribution in [3.63, 3.8) is 0 Å². The van der Waals surface area contributed by atoms with Gasteiger partial charge in [-0.3, -0.25) is 9.69 Å². The van der Waals surface area contributed by atoms with Gasteiger partial charge in [-0.25, -0.2) is 5.43 Å². The number of piperidine rings is 1. The van der Waals surface area contributed by atoms with Gasteiger partial charge in [-0.1, -0.05) is 44.0 Å². The summed E-state index contributed by atoms with van der Waals surface area (Å²) >= 11 is 6.89. The molecule has 28 heavy (non-hydrogen) atoms. The van der Waals surface area contributed by atoms with E-state index in [2.05, 4.69) is 71.6 Å². The second-order valence-electron chi connectivity index (χ2n) is 6.80. The molecule has 0 unspecified atom stereocenters. The molecular formula is C21H23Br2N3O2. The predicted molar refractivity (Wildman–Crippen MR) is 119 cm³/mol. The number of carbonyl (C=O) groups is 1. The lowest BCUT2D eigenvalue weighted by Gasteiger charge is -2.30. The van der Waals surface area contributed by atoms with Crippen LogP contribution in [0.3, 0.4) is 0 Å². The average molecular weight is 509 g/mol. The molecule has 148 valence electrons. The summed E-state index contributed by atoms with van der Waals surface area (Å²) in [5.41, 5.74) is 4.78. The first-order chi connectivity index (χ1) is 13.5. The molecule has 2 aromatic rings. The van der Waals surface area contributed by atoms with Crippen molar-refractivity contribution in [3.05, 3.63) is 62.5 Å². The molecule has 1 N–H and O–H groups in total. The Kier molecular flexibility index (Phi) is 7.65. The molecule has 0 aromatic heterocycles. The first kappa shape index (κ1) is 21.0. The maximum absolute atomic E-state index is 12.4. The van der Waals surface area contributed by atoms with Gasteiger partial charge in [0, 0.05) is 27.0 Å². The van der Waals surface area contributed by atoms with Crippen molar-refractivity contribution in [2.45, 2.75) is 19.4 Å². The zero-order valence-corrected chi connectivity index (χ0v) is 18.9. The molecule has 0 saturated carbocycles. The van der Waals surface area contributed by atoms with Crippen LogP contribution >= 0.6 is 31.9 Å². The van der Waals surface area contributed by atoms with Crippen LogP contribution < -0.4 is 10.2 Å². The van der Waals surface area contributed by atoms with Crippen molar-refractivity contribution in [2.24, 2.45) is 11.0 Å². The van der Waals surface area contributed by atoms with Crippen molar-refractivity contribution in [2.75, 3.05) is 20.2 Å². The van der Waals surface area contributed by atoms with E-state index in [1.807, 2.05) is 18.2 Å². The molecule has 0 bridgehead atoms. The Morgan fingerprint density at radius 1 is 1.18 bits per heavy atom. The average Bonchev–Trinajstić information content (AvgIpc) is 2.70. The van der Waals surface area contributed by atoms with Crippen LogP contribution in [0.4, 0.5) is 0 Å². The molecule has 1 aliphatic rings. The van der Waals surface area contributed by atoms with E-state index in [-0.39, 0.29) is 11.8 Å². The number of methoxy groups -OCH3 is 1. The quantitative estimate of drug-likeness (QED) is 0.459. The topological polar surface area (TPSA) is 53.9 Å². The van der Waals surface area contributed by atoms with Crippen LogP contribution in [0.5, 0.6) is 5.75 Å². The number of hydrogen-bond donors (Lipinski definition) is 1. The molecule has 1 aliphatic heterocycles. The van der Waals surface area contributed by atoms with Crippen LogP contribution in [0.2, 0.25) is 0 Å². The highest BCUT2D eigenvalue weighted by Crippen LogP contribution is 2.22. The zero-order valence-electron chi connectivity index (χ0n) is 15.7. The molecule has 0 spiro atoms. The lowest BCUT2D eigenvalue weighted by atomic mass is 9.96. The molecule has 1 amide bonds. The molecule has 0 atom stereocenters. The lowest BCUT2D eigenvalue weighted by molar-refractivity contribution is -0.126. The Balaban J connectivity index is 1.47. The number of rotatable bonds is 6. The van der Waals surface area contributed by atoms with E-state index in [9.17, 15) is 4.79 Å². The first-order valence-electron chi connectivity index (χ1n) is 9.18. The molecule has 2 aromatic carbocycles. The van der Waals surface area contributed by atoms with E-state index < -0.39 is 0 Å². The monoisotopic (exact) mass is 507 g/mol. The predicted octanol–water partition coefficient (Wildman–Crippen LogP) is 4.58. The summed E-state index contributed by atoms with van der Waals surface area (Å²) in [4.78, 5) is 14.8. The number of nitrogens with zero attached hydrogens (tertiary/aromatic N) is 2. The normalized spacial score (nSPS) is 15.7. The number of carbonyl (C=O) groups excluding carboxylic acids is 1. The standard InChI is InChI=1S/C21H23Br2N3O2/c1-28-20-7-6-19(23)12-17(20)13-24-25-21(27)16-8-10-26(11-9-16)14-15-2-4-18(22)5-3-15/h2-7,12-13,16H,8-11,14H2,1H3,(H,25,27)/b24-13+. The Morgan fingerprint density at radius 3 is 2.54 bits per heavy atom. The fourth-order valence-corrected chi connectivity index (χ4v) is 3.91. The van der Waals surface area contributed by atoms with Gasteiger partial charge in [0.2, 0.25) is 5.91 Å². The van der Waals surface area contributed by atoms with E-state index in [0.29, 0.717) is 5.75 Å². The largest absolute Gasteiger partial charge is 0.496 e. The molecule has 0 radical (unpaired) electrons. The minimum absolute atomic E-state index is 0.00252. The van der Waals surface area contributed by atoms with Crippen molar-refractivity contribution in [3.8, 4) is 5.75 Å². The summed E-state index contributed by atoms with van der Waals surface area (Å²) in [6, 6.07) is 14.0. The molecule has 5 nitrogen and oxygen atoms in total. The Morgan fingerprint density at radius 2 is 1.86 bits per heavy atom. The van der Waals surface area contributed by atoms with Gasteiger partial charge in [0.25, 0.3) is 0 Å². The van der Waals surface area contributed by atoms with E-state index in [4.69, 9.17) is 4.74 Å². The number of nitrogens with one attached hydrogen (secondary N) is 1. The number of amides is 1. The summed E-state index contributed by atoms with van der Waals surface area (Å²) in [5.74, 6) is 0.693. The molecular weight excluding hydrogens is 486 g/mol. The third kappa shape index (κ3) is 5.90. The van der Waals surface area contributed by atoms with Gasteiger partial charge < -0.3 is 4.74 Å². The third-order valence-electron chi connectivity index (χ3n) is 4.85. The minimum Gasteiger partial charge on any atom is -0.496 e. The summed E-state index contributed by atoms with van der Waals surface area (Å²) in [6.07, 6.45) is 3.31. The van der Waals surface area contributed by atoms with Crippen molar-refractivity contribution >= 4 is 44.0 Å². The summed E-state index contributed by atoms with van der Waals surface area (Å²) in [7, 11) is 1.61. The maximum atomic E-state index is 12.4. The number of hydrogen-bond acceptors (Lipinski definition) is 4. The number of likely N-dealkylation sites (tertiary alicyclic amines) is 1. The van der Waals surface area contributed by atoms with Crippen LogP contribution in [0, 0.1) is 5.92 Å². The summed E-state index contributed by atoms with van der Waals surface area (Å²) < 4.78 is 7.33. The third-order valence-corrected chi connectivity index (χ3v) is 5.87. The smallest absolute Gasteiger partial charge is 0.243 e. The highest BCUT2D eigenvalue weighted by molar-refractivity contribution is 9.10. The van der Waals surface area contributed by atoms with Gasteiger partial charge in [-0.2, -0.15) is 5.10 Å². The molecule has 1 saturated heterocycles. The number of halogens is 2. The van der Waals surface area contributed by atoms with Crippen molar-refractivity contribution < 1.29 is 9.53 Å². The van der Waals surface area contributed by atoms with Gasteiger partial charge in [-0.15, -0.1) is 0 Å². The molecule has 1 heterocycles. The lowest BCUT2D eigenvalue weighted by Crippen LogP contribution is -2.39. The number of ether oxygens (including phenoxy) is 1. The van der Waals surface area contributed by atoms with Gasteiger partial charge in [0.15, 0.2) is 0 Å². The van der Waals surface area contributed by atoms with E-state index >= 15 is 0 Å². The zero-order chi connectivity index (χ0) is 19.9. The Labute approximate surface area is 182 Å². The second kappa shape index (κ2) is 10.2. The highest BCUT2D eigenvalue weighted by Gasteiger charge is 2.24. The SMILES string of the molecule is COc1ccc(Br)cc1/C=N/NC(=O)C1CCN(Cc2ccc(Br)cc2)CC1. The van der Waals surface area contributed by atoms with Crippen LogP contribution in [0.15, 0.2) is 56.5 Å². The maximum Gasteiger partial charge on any atom is 0.243 e. The highest BCUT2D eigenvalue weighted by atomic mass is 79.9. The van der Waals surface area contributed by atoms with Crippen LogP contribution in [0.25, 0.3) is 0 Å². The summed E-state index contributed by atoms with van der Waals surface area (Å²) in [6.45, 7) is 2.75. The van der Waals surface area contributed by atoms with Gasteiger partial charge in [-0.05, 0) is 61.8 Å². The first-order valence-corrected chi connectivity index (χ1v) is 10.8. The Hall–Kier alpha value is -1.70. The fraction of sp³-hybridized carbons (Fsp3) is 0.333.